The van der Waals surface area contributed by atoms with Crippen molar-refractivity contribution >= 4 is 11.7 Å². The van der Waals surface area contributed by atoms with E-state index in [9.17, 15) is 4.79 Å². The molecule has 122 valence electrons. The smallest absolute Gasteiger partial charge is 0.242 e. The first-order valence-electron chi connectivity index (χ1n) is 8.17. The summed E-state index contributed by atoms with van der Waals surface area (Å²) < 4.78 is 5.83. The summed E-state index contributed by atoms with van der Waals surface area (Å²) in [5, 5.41) is 8.82. The summed E-state index contributed by atoms with van der Waals surface area (Å²) in [6.07, 6.45) is 6.19. The van der Waals surface area contributed by atoms with E-state index in [1.54, 1.807) is 12.1 Å². The number of anilines is 1. The molecule has 2 heterocycles. The van der Waals surface area contributed by atoms with Gasteiger partial charge in [-0.1, -0.05) is 12.8 Å². The molecule has 0 aromatic carbocycles. The number of amides is 1. The van der Waals surface area contributed by atoms with E-state index in [1.165, 1.54) is 19.0 Å². The van der Waals surface area contributed by atoms with Crippen LogP contribution in [-0.4, -0.2) is 54.7 Å². The van der Waals surface area contributed by atoms with Gasteiger partial charge in [0.05, 0.1) is 30.9 Å². The predicted octanol–water partition coefficient (Wildman–Crippen LogP) is 1.56. The molecule has 2 unspecified atom stereocenters. The Morgan fingerprint density at radius 2 is 2.30 bits per heavy atom. The van der Waals surface area contributed by atoms with E-state index in [-0.39, 0.29) is 18.1 Å². The predicted molar refractivity (Wildman–Crippen MR) is 85.9 cm³/mol. The van der Waals surface area contributed by atoms with E-state index in [2.05, 4.69) is 4.98 Å². The van der Waals surface area contributed by atoms with Crippen LogP contribution in [0, 0.1) is 11.3 Å². The molecule has 0 bridgehead atoms. The number of nitrogens with zero attached hydrogens (tertiary/aromatic N) is 4. The zero-order valence-electron chi connectivity index (χ0n) is 13.4. The first-order valence-corrected chi connectivity index (χ1v) is 8.17. The summed E-state index contributed by atoms with van der Waals surface area (Å²) in [7, 11) is 1.85. The van der Waals surface area contributed by atoms with Crippen LogP contribution in [0.2, 0.25) is 0 Å². The Hall–Kier alpha value is -2.13. The van der Waals surface area contributed by atoms with Crippen LogP contribution in [0.5, 0.6) is 0 Å². The van der Waals surface area contributed by atoms with Crippen molar-refractivity contribution in [3.8, 4) is 6.07 Å². The van der Waals surface area contributed by atoms with Crippen molar-refractivity contribution in [2.45, 2.75) is 37.8 Å². The van der Waals surface area contributed by atoms with Gasteiger partial charge in [0, 0.05) is 19.8 Å². The fraction of sp³-hybridized carbons (Fsp3) is 0.588. The van der Waals surface area contributed by atoms with Gasteiger partial charge in [-0.2, -0.15) is 5.26 Å². The number of rotatable bonds is 3. The molecule has 23 heavy (non-hydrogen) atoms. The molecule has 1 aliphatic carbocycles. The van der Waals surface area contributed by atoms with E-state index in [0.717, 1.165) is 12.8 Å². The van der Waals surface area contributed by atoms with Crippen LogP contribution in [0.3, 0.4) is 0 Å². The van der Waals surface area contributed by atoms with Crippen molar-refractivity contribution in [3.63, 3.8) is 0 Å². The van der Waals surface area contributed by atoms with Gasteiger partial charge in [-0.3, -0.25) is 4.79 Å². The number of fused-ring (bicyclic) bond motifs is 1. The fourth-order valence-electron chi connectivity index (χ4n) is 3.46. The second-order valence-corrected chi connectivity index (χ2v) is 6.22. The van der Waals surface area contributed by atoms with Crippen LogP contribution in [0.1, 0.15) is 31.2 Å². The molecule has 1 amide bonds. The number of carbonyl (C=O) groups is 1. The zero-order valence-corrected chi connectivity index (χ0v) is 13.4. The highest BCUT2D eigenvalue weighted by Crippen LogP contribution is 2.28. The summed E-state index contributed by atoms with van der Waals surface area (Å²) >= 11 is 0. The summed E-state index contributed by atoms with van der Waals surface area (Å²) in [5.74, 6) is 0.824. The van der Waals surface area contributed by atoms with Gasteiger partial charge >= 0.3 is 0 Å². The highest BCUT2D eigenvalue weighted by molar-refractivity contribution is 5.81. The third kappa shape index (κ3) is 3.45. The van der Waals surface area contributed by atoms with Gasteiger partial charge in [0.25, 0.3) is 0 Å². The number of aromatic nitrogens is 1. The Morgan fingerprint density at radius 3 is 3.04 bits per heavy atom. The quantitative estimate of drug-likeness (QED) is 0.847. The van der Waals surface area contributed by atoms with E-state index < -0.39 is 0 Å². The standard InChI is InChI=1S/C17H22N4O2/c1-20(16-7-6-13(10-18)11-19-16)12-17(22)21-8-9-23-15-5-3-2-4-14(15)21/h6-7,11,14-15H,2-5,8-9,12H2,1H3. The molecule has 2 fully saturated rings. The van der Waals surface area contributed by atoms with E-state index in [0.29, 0.717) is 31.1 Å². The largest absolute Gasteiger partial charge is 0.374 e. The number of hydrogen-bond acceptors (Lipinski definition) is 5. The molecule has 0 N–H and O–H groups in total. The SMILES string of the molecule is CN(CC(=O)N1CCOC2CCCCC21)c1ccc(C#N)cn1. The monoisotopic (exact) mass is 314 g/mol. The highest BCUT2D eigenvalue weighted by Gasteiger charge is 2.36. The maximum absolute atomic E-state index is 12.7. The number of pyridine rings is 1. The van der Waals surface area contributed by atoms with Gasteiger partial charge in [-0.25, -0.2) is 4.98 Å². The van der Waals surface area contributed by atoms with Gasteiger partial charge in [0.15, 0.2) is 0 Å². The van der Waals surface area contributed by atoms with Crippen LogP contribution in [0.4, 0.5) is 5.82 Å². The molecular formula is C17H22N4O2. The molecule has 1 aliphatic heterocycles. The second kappa shape index (κ2) is 6.97. The second-order valence-electron chi connectivity index (χ2n) is 6.22. The average Bonchev–Trinajstić information content (AvgIpc) is 2.61. The number of morpholine rings is 1. The lowest BCUT2D eigenvalue weighted by molar-refractivity contribution is -0.148. The molecular weight excluding hydrogens is 292 g/mol. The molecule has 6 nitrogen and oxygen atoms in total. The van der Waals surface area contributed by atoms with E-state index in [1.807, 2.05) is 22.9 Å². The minimum Gasteiger partial charge on any atom is -0.374 e. The van der Waals surface area contributed by atoms with Crippen molar-refractivity contribution in [2.24, 2.45) is 0 Å². The summed E-state index contributed by atoms with van der Waals surface area (Å²) in [6.45, 7) is 1.60. The van der Waals surface area contributed by atoms with Gasteiger partial charge < -0.3 is 14.5 Å². The lowest BCUT2D eigenvalue weighted by atomic mass is 9.90. The van der Waals surface area contributed by atoms with Crippen molar-refractivity contribution in [1.82, 2.24) is 9.88 Å². The molecule has 6 heteroatoms. The Kier molecular flexibility index (Phi) is 4.77. The molecule has 2 atom stereocenters. The Labute approximate surface area is 136 Å². The van der Waals surface area contributed by atoms with Crippen LogP contribution in [-0.2, 0) is 9.53 Å². The summed E-state index contributed by atoms with van der Waals surface area (Å²) in [4.78, 5) is 20.8. The lowest BCUT2D eigenvalue weighted by Gasteiger charge is -2.44. The van der Waals surface area contributed by atoms with Crippen LogP contribution >= 0.6 is 0 Å². The van der Waals surface area contributed by atoms with Crippen molar-refractivity contribution in [3.05, 3.63) is 23.9 Å². The summed E-state index contributed by atoms with van der Waals surface area (Å²) in [5.41, 5.74) is 0.520. The number of hydrogen-bond donors (Lipinski definition) is 0. The fourth-order valence-corrected chi connectivity index (χ4v) is 3.46. The first kappa shape index (κ1) is 15.8. The minimum absolute atomic E-state index is 0.124. The number of nitriles is 1. The van der Waals surface area contributed by atoms with Crippen molar-refractivity contribution in [2.75, 3.05) is 31.6 Å². The number of carbonyl (C=O) groups excluding carboxylic acids is 1. The normalized spacial score (nSPS) is 23.7. The Morgan fingerprint density at radius 1 is 1.48 bits per heavy atom. The minimum atomic E-state index is 0.124. The first-order chi connectivity index (χ1) is 11.2. The molecule has 1 aromatic heterocycles. The molecule has 1 saturated carbocycles. The Balaban J connectivity index is 1.64. The lowest BCUT2D eigenvalue weighted by Crippen LogP contribution is -2.56. The van der Waals surface area contributed by atoms with Gasteiger partial charge in [-0.15, -0.1) is 0 Å². The highest BCUT2D eigenvalue weighted by atomic mass is 16.5. The molecule has 0 spiro atoms. The Bertz CT molecular complexity index is 594. The van der Waals surface area contributed by atoms with E-state index >= 15 is 0 Å². The topological polar surface area (TPSA) is 69.5 Å². The van der Waals surface area contributed by atoms with Crippen LogP contribution in [0.25, 0.3) is 0 Å². The van der Waals surface area contributed by atoms with Crippen molar-refractivity contribution < 1.29 is 9.53 Å². The maximum Gasteiger partial charge on any atom is 0.242 e. The molecule has 1 aromatic rings. The van der Waals surface area contributed by atoms with Gasteiger partial charge in [0.2, 0.25) is 5.91 Å². The molecule has 1 saturated heterocycles. The van der Waals surface area contributed by atoms with Gasteiger partial charge in [-0.05, 0) is 25.0 Å². The van der Waals surface area contributed by atoms with Crippen LogP contribution in [0.15, 0.2) is 18.3 Å². The third-order valence-electron chi connectivity index (χ3n) is 4.69. The molecule has 0 radical (unpaired) electrons. The van der Waals surface area contributed by atoms with E-state index in [4.69, 9.17) is 10.00 Å². The molecule has 3 rings (SSSR count). The van der Waals surface area contributed by atoms with Gasteiger partial charge in [0.1, 0.15) is 11.9 Å². The third-order valence-corrected chi connectivity index (χ3v) is 4.69. The summed E-state index contributed by atoms with van der Waals surface area (Å²) in [6, 6.07) is 5.77. The average molecular weight is 314 g/mol. The van der Waals surface area contributed by atoms with Crippen molar-refractivity contribution in [1.29, 1.82) is 5.26 Å². The van der Waals surface area contributed by atoms with Crippen LogP contribution < -0.4 is 4.90 Å². The number of likely N-dealkylation sites (N-methyl/N-ethyl adjacent to an activating group) is 1. The zero-order chi connectivity index (χ0) is 16.2. The maximum atomic E-state index is 12.7. The number of ether oxygens (including phenoxy) is 1. The molecule has 2 aliphatic rings.